The number of hydrogen-bond donors (Lipinski definition) is 0. The van der Waals surface area contributed by atoms with Crippen molar-refractivity contribution in [2.75, 3.05) is 35.0 Å². The average Bonchev–Trinajstić information content (AvgIpc) is 2.72. The third-order valence-corrected chi connectivity index (χ3v) is 5.40. The predicted molar refractivity (Wildman–Crippen MR) is 112 cm³/mol. The summed E-state index contributed by atoms with van der Waals surface area (Å²) in [4.78, 5) is 4.95. The first kappa shape index (κ1) is 20.1. The summed E-state index contributed by atoms with van der Waals surface area (Å²) in [5.74, 6) is 3.94. The van der Waals surface area contributed by atoms with Gasteiger partial charge in [-0.05, 0) is 41.8 Å². The molecule has 0 fully saturated rings. The lowest BCUT2D eigenvalue weighted by atomic mass is 9.81. The minimum atomic E-state index is 0.353. The van der Waals surface area contributed by atoms with Crippen LogP contribution in [0.4, 0.5) is 0 Å². The summed E-state index contributed by atoms with van der Waals surface area (Å²) in [5.41, 5.74) is 4.45. The van der Waals surface area contributed by atoms with Crippen LogP contribution >= 0.6 is 0 Å². The molecule has 28 heavy (non-hydrogen) atoms. The molecule has 2 aromatic rings. The molecule has 1 aliphatic heterocycles. The van der Waals surface area contributed by atoms with Crippen LogP contribution in [0.5, 0.6) is 23.0 Å². The highest BCUT2D eigenvalue weighted by Crippen LogP contribution is 2.40. The summed E-state index contributed by atoms with van der Waals surface area (Å²) >= 11 is 0. The SMILES string of the molecule is COc1ccc(OC)c(CC2=NCC(C(C)C)c3cc(OC)c(OC)cc32)c1. The highest BCUT2D eigenvalue weighted by atomic mass is 16.5. The van der Waals surface area contributed by atoms with Crippen molar-refractivity contribution in [3.8, 4) is 23.0 Å². The van der Waals surface area contributed by atoms with Gasteiger partial charge in [0.05, 0.1) is 28.4 Å². The van der Waals surface area contributed by atoms with E-state index in [1.54, 1.807) is 28.4 Å². The van der Waals surface area contributed by atoms with Gasteiger partial charge in [-0.15, -0.1) is 0 Å². The van der Waals surface area contributed by atoms with Gasteiger partial charge >= 0.3 is 0 Å². The van der Waals surface area contributed by atoms with E-state index in [9.17, 15) is 0 Å². The third-order valence-electron chi connectivity index (χ3n) is 5.40. The van der Waals surface area contributed by atoms with Crippen molar-refractivity contribution in [3.05, 3.63) is 47.0 Å². The third kappa shape index (κ3) is 3.79. The van der Waals surface area contributed by atoms with Crippen LogP contribution in [-0.2, 0) is 6.42 Å². The maximum Gasteiger partial charge on any atom is 0.161 e. The van der Waals surface area contributed by atoms with Gasteiger partial charge in [0.1, 0.15) is 11.5 Å². The summed E-state index contributed by atoms with van der Waals surface area (Å²) in [6, 6.07) is 10.0. The largest absolute Gasteiger partial charge is 0.497 e. The lowest BCUT2D eigenvalue weighted by Crippen LogP contribution is -2.23. The molecule has 0 aliphatic carbocycles. The van der Waals surface area contributed by atoms with Crippen molar-refractivity contribution in [1.29, 1.82) is 0 Å². The molecular formula is C23H29NO4. The number of ether oxygens (including phenoxy) is 4. The molecule has 1 aliphatic rings. The number of fused-ring (bicyclic) bond motifs is 1. The van der Waals surface area contributed by atoms with Crippen LogP contribution in [0, 0.1) is 5.92 Å². The van der Waals surface area contributed by atoms with Crippen LogP contribution in [0.25, 0.3) is 0 Å². The standard InChI is InChI=1S/C23H29NO4/c1-14(2)19-13-24-20(10-15-9-16(25-3)7-8-21(15)26-4)18-12-23(28-6)22(27-5)11-17(18)19/h7-9,11-12,14,19H,10,13H2,1-6H3. The van der Waals surface area contributed by atoms with Crippen LogP contribution in [0.1, 0.15) is 36.5 Å². The fraction of sp³-hybridized carbons (Fsp3) is 0.435. The van der Waals surface area contributed by atoms with E-state index in [1.165, 1.54) is 5.56 Å². The summed E-state index contributed by atoms with van der Waals surface area (Å²) in [7, 11) is 6.69. The fourth-order valence-electron chi connectivity index (χ4n) is 3.76. The Kier molecular flexibility index (Phi) is 6.12. The first-order valence-corrected chi connectivity index (χ1v) is 9.52. The minimum absolute atomic E-state index is 0.353. The normalized spacial score (nSPS) is 15.7. The van der Waals surface area contributed by atoms with Crippen molar-refractivity contribution in [3.63, 3.8) is 0 Å². The van der Waals surface area contributed by atoms with Crippen LogP contribution in [0.3, 0.4) is 0 Å². The van der Waals surface area contributed by atoms with Crippen molar-refractivity contribution in [1.82, 2.24) is 0 Å². The molecule has 5 nitrogen and oxygen atoms in total. The summed E-state index contributed by atoms with van der Waals surface area (Å²) in [6.07, 6.45) is 0.660. The van der Waals surface area contributed by atoms with Gasteiger partial charge in [0, 0.05) is 35.7 Å². The second-order valence-corrected chi connectivity index (χ2v) is 7.29. The van der Waals surface area contributed by atoms with Gasteiger partial charge in [0.25, 0.3) is 0 Å². The van der Waals surface area contributed by atoms with Crippen LogP contribution in [-0.4, -0.2) is 40.7 Å². The molecule has 2 aromatic carbocycles. The molecule has 0 saturated heterocycles. The molecule has 0 bridgehead atoms. The monoisotopic (exact) mass is 383 g/mol. The van der Waals surface area contributed by atoms with Crippen molar-refractivity contribution in [2.24, 2.45) is 10.9 Å². The zero-order valence-corrected chi connectivity index (χ0v) is 17.5. The fourth-order valence-corrected chi connectivity index (χ4v) is 3.76. The topological polar surface area (TPSA) is 49.3 Å². The first-order valence-electron chi connectivity index (χ1n) is 9.52. The summed E-state index contributed by atoms with van der Waals surface area (Å²) in [5, 5.41) is 0. The Balaban J connectivity index is 2.07. The molecule has 0 spiro atoms. The number of nitrogens with zero attached hydrogens (tertiary/aromatic N) is 1. The van der Waals surface area contributed by atoms with Gasteiger partial charge in [0.15, 0.2) is 11.5 Å². The Morgan fingerprint density at radius 3 is 2.18 bits per heavy atom. The van der Waals surface area contributed by atoms with Crippen molar-refractivity contribution >= 4 is 5.71 Å². The minimum Gasteiger partial charge on any atom is -0.497 e. The molecule has 0 saturated carbocycles. The number of aliphatic imine (C=N–C) groups is 1. The first-order chi connectivity index (χ1) is 13.5. The highest BCUT2D eigenvalue weighted by molar-refractivity contribution is 6.05. The molecule has 1 atom stereocenters. The van der Waals surface area contributed by atoms with E-state index in [0.717, 1.165) is 46.4 Å². The Hall–Kier alpha value is -2.69. The van der Waals surface area contributed by atoms with Gasteiger partial charge in [0.2, 0.25) is 0 Å². The quantitative estimate of drug-likeness (QED) is 0.706. The zero-order chi connectivity index (χ0) is 20.3. The Morgan fingerprint density at radius 2 is 1.57 bits per heavy atom. The molecule has 0 radical (unpaired) electrons. The van der Waals surface area contributed by atoms with Crippen LogP contribution in [0.2, 0.25) is 0 Å². The molecule has 0 amide bonds. The van der Waals surface area contributed by atoms with Gasteiger partial charge in [-0.25, -0.2) is 0 Å². The van der Waals surface area contributed by atoms with Crippen molar-refractivity contribution in [2.45, 2.75) is 26.2 Å². The molecule has 0 aromatic heterocycles. The van der Waals surface area contributed by atoms with E-state index in [0.29, 0.717) is 18.3 Å². The Bertz CT molecular complexity index is 873. The van der Waals surface area contributed by atoms with Crippen LogP contribution in [0.15, 0.2) is 35.3 Å². The lowest BCUT2D eigenvalue weighted by Gasteiger charge is -2.29. The smallest absolute Gasteiger partial charge is 0.161 e. The second kappa shape index (κ2) is 8.55. The second-order valence-electron chi connectivity index (χ2n) is 7.29. The molecule has 1 unspecified atom stereocenters. The molecule has 5 heteroatoms. The van der Waals surface area contributed by atoms with E-state index < -0.39 is 0 Å². The van der Waals surface area contributed by atoms with Crippen LogP contribution < -0.4 is 18.9 Å². The summed E-state index contributed by atoms with van der Waals surface area (Å²) in [6.45, 7) is 5.23. The Morgan fingerprint density at radius 1 is 0.893 bits per heavy atom. The molecular weight excluding hydrogens is 354 g/mol. The zero-order valence-electron chi connectivity index (χ0n) is 17.5. The van der Waals surface area contributed by atoms with Gasteiger partial charge in [-0.1, -0.05) is 13.8 Å². The van der Waals surface area contributed by atoms with E-state index in [-0.39, 0.29) is 0 Å². The maximum absolute atomic E-state index is 5.56. The lowest BCUT2D eigenvalue weighted by molar-refractivity contribution is 0.353. The molecule has 150 valence electrons. The van der Waals surface area contributed by atoms with E-state index in [4.69, 9.17) is 23.9 Å². The van der Waals surface area contributed by atoms with E-state index >= 15 is 0 Å². The Labute approximate surface area is 167 Å². The van der Waals surface area contributed by atoms with Gasteiger partial charge in [-0.3, -0.25) is 4.99 Å². The molecule has 3 rings (SSSR count). The van der Waals surface area contributed by atoms with Crippen molar-refractivity contribution < 1.29 is 18.9 Å². The van der Waals surface area contributed by atoms with Gasteiger partial charge < -0.3 is 18.9 Å². The number of rotatable bonds is 7. The number of hydrogen-bond acceptors (Lipinski definition) is 5. The summed E-state index contributed by atoms with van der Waals surface area (Å²) < 4.78 is 22.1. The average molecular weight is 383 g/mol. The van der Waals surface area contributed by atoms with E-state index in [1.807, 2.05) is 24.3 Å². The molecule has 1 heterocycles. The number of methoxy groups -OCH3 is 4. The highest BCUT2D eigenvalue weighted by Gasteiger charge is 2.28. The predicted octanol–water partition coefficient (Wildman–Crippen LogP) is 4.51. The van der Waals surface area contributed by atoms with Gasteiger partial charge in [-0.2, -0.15) is 0 Å². The maximum atomic E-state index is 5.56. The molecule has 0 N–H and O–H groups in total. The number of benzene rings is 2. The van der Waals surface area contributed by atoms with E-state index in [2.05, 4.69) is 19.9 Å².